The molecule has 1 aliphatic heterocycles. The highest BCUT2D eigenvalue weighted by Gasteiger charge is 2.29. The fourth-order valence-electron chi connectivity index (χ4n) is 1.34. The molecule has 0 aromatic heterocycles. The average Bonchev–Trinajstić information content (AvgIpc) is 2.05. The van der Waals surface area contributed by atoms with Gasteiger partial charge in [0.1, 0.15) is 6.04 Å². The molecule has 4 nitrogen and oxygen atoms in total. The van der Waals surface area contributed by atoms with Gasteiger partial charge in [0.05, 0.1) is 12.7 Å². The highest BCUT2D eigenvalue weighted by molar-refractivity contribution is 5.76. The largest absolute Gasteiger partial charge is 0.465 e. The van der Waals surface area contributed by atoms with E-state index in [9.17, 15) is 9.90 Å². The first-order valence-electron chi connectivity index (χ1n) is 4.33. The lowest BCUT2D eigenvalue weighted by molar-refractivity contribution is -0.149. The van der Waals surface area contributed by atoms with Gasteiger partial charge < -0.3 is 15.2 Å². The predicted octanol–water partition coefficient (Wildman–Crippen LogP) is -0.338. The molecule has 1 rings (SSSR count). The summed E-state index contributed by atoms with van der Waals surface area (Å²) in [6, 6.07) is -0.515. The number of aliphatic hydroxyl groups excluding tert-OH is 1. The van der Waals surface area contributed by atoms with E-state index in [2.05, 4.69) is 5.32 Å². The van der Waals surface area contributed by atoms with E-state index in [0.717, 1.165) is 13.0 Å². The van der Waals surface area contributed by atoms with Crippen LogP contribution in [0.2, 0.25) is 0 Å². The zero-order valence-electron chi connectivity index (χ0n) is 7.25. The van der Waals surface area contributed by atoms with Crippen molar-refractivity contribution in [1.29, 1.82) is 0 Å². The van der Waals surface area contributed by atoms with Crippen molar-refractivity contribution in [2.75, 3.05) is 13.2 Å². The minimum atomic E-state index is -0.585. The summed E-state index contributed by atoms with van der Waals surface area (Å²) in [7, 11) is 0. The van der Waals surface area contributed by atoms with Crippen LogP contribution in [0, 0.1) is 0 Å². The van der Waals surface area contributed by atoms with E-state index in [4.69, 9.17) is 4.74 Å². The van der Waals surface area contributed by atoms with Crippen molar-refractivity contribution in [3.63, 3.8) is 0 Å². The normalized spacial score (nSPS) is 29.8. The van der Waals surface area contributed by atoms with Crippen LogP contribution in [0.5, 0.6) is 0 Å². The molecule has 70 valence electrons. The monoisotopic (exact) mass is 173 g/mol. The third-order valence-corrected chi connectivity index (χ3v) is 1.97. The Balaban J connectivity index is 2.42. The lowest BCUT2D eigenvalue weighted by Gasteiger charge is -2.26. The fraction of sp³-hybridized carbons (Fsp3) is 0.875. The lowest BCUT2D eigenvalue weighted by atomic mass is 10.0. The van der Waals surface area contributed by atoms with Gasteiger partial charge in [-0.25, -0.2) is 0 Å². The number of nitrogens with one attached hydrogen (secondary N) is 1. The summed E-state index contributed by atoms with van der Waals surface area (Å²) >= 11 is 0. The molecule has 1 heterocycles. The van der Waals surface area contributed by atoms with Crippen LogP contribution in [0.15, 0.2) is 0 Å². The molecule has 0 aromatic rings. The summed E-state index contributed by atoms with van der Waals surface area (Å²) in [5, 5.41) is 12.3. The summed E-state index contributed by atoms with van der Waals surface area (Å²) in [4.78, 5) is 11.2. The second-order valence-corrected chi connectivity index (χ2v) is 2.89. The standard InChI is InChI=1S/C8H15NO3/c1-2-12-8(11)7-6(10)4-3-5-9-7/h6-7,9-10H,2-5H2,1H3/t6-,7-/m1/s1. The average molecular weight is 173 g/mol. The number of piperidine rings is 1. The van der Waals surface area contributed by atoms with Crippen molar-refractivity contribution in [2.24, 2.45) is 0 Å². The fourth-order valence-corrected chi connectivity index (χ4v) is 1.34. The van der Waals surface area contributed by atoms with Gasteiger partial charge in [-0.05, 0) is 26.3 Å². The van der Waals surface area contributed by atoms with Gasteiger partial charge in [-0.2, -0.15) is 0 Å². The van der Waals surface area contributed by atoms with Crippen molar-refractivity contribution in [3.8, 4) is 0 Å². The quantitative estimate of drug-likeness (QED) is 0.561. The summed E-state index contributed by atoms with van der Waals surface area (Å²) < 4.78 is 4.79. The summed E-state index contributed by atoms with van der Waals surface area (Å²) in [6.45, 7) is 2.90. The van der Waals surface area contributed by atoms with Gasteiger partial charge in [0.25, 0.3) is 0 Å². The summed E-state index contributed by atoms with van der Waals surface area (Å²) in [5.41, 5.74) is 0. The molecule has 1 aliphatic rings. The lowest BCUT2D eigenvalue weighted by Crippen LogP contribution is -2.50. The number of aliphatic hydroxyl groups is 1. The maximum Gasteiger partial charge on any atom is 0.325 e. The number of ether oxygens (including phenoxy) is 1. The van der Waals surface area contributed by atoms with Crippen LogP contribution in [-0.2, 0) is 9.53 Å². The van der Waals surface area contributed by atoms with Crippen molar-refractivity contribution in [3.05, 3.63) is 0 Å². The van der Waals surface area contributed by atoms with E-state index in [-0.39, 0.29) is 5.97 Å². The van der Waals surface area contributed by atoms with Crippen LogP contribution < -0.4 is 5.32 Å². The summed E-state index contributed by atoms with van der Waals surface area (Å²) in [6.07, 6.45) is 1.01. The van der Waals surface area contributed by atoms with E-state index in [0.29, 0.717) is 13.0 Å². The van der Waals surface area contributed by atoms with Gasteiger partial charge in [0.2, 0.25) is 0 Å². The topological polar surface area (TPSA) is 58.6 Å². The van der Waals surface area contributed by atoms with Gasteiger partial charge in [0, 0.05) is 0 Å². The molecule has 0 spiro atoms. The number of carbonyl (C=O) groups is 1. The maximum absolute atomic E-state index is 11.2. The third-order valence-electron chi connectivity index (χ3n) is 1.97. The Morgan fingerprint density at radius 2 is 2.50 bits per heavy atom. The second kappa shape index (κ2) is 4.42. The van der Waals surface area contributed by atoms with E-state index < -0.39 is 12.1 Å². The highest BCUT2D eigenvalue weighted by atomic mass is 16.5. The molecule has 2 atom stereocenters. The molecule has 12 heavy (non-hydrogen) atoms. The number of esters is 1. The zero-order chi connectivity index (χ0) is 8.97. The molecule has 2 N–H and O–H groups in total. The Hall–Kier alpha value is -0.610. The first-order valence-corrected chi connectivity index (χ1v) is 4.33. The van der Waals surface area contributed by atoms with Crippen LogP contribution in [0.1, 0.15) is 19.8 Å². The molecule has 0 aliphatic carbocycles. The van der Waals surface area contributed by atoms with Gasteiger partial charge >= 0.3 is 5.97 Å². The molecular weight excluding hydrogens is 158 g/mol. The molecule has 1 fully saturated rings. The van der Waals surface area contributed by atoms with Crippen molar-refractivity contribution >= 4 is 5.97 Å². The van der Waals surface area contributed by atoms with Gasteiger partial charge in [-0.1, -0.05) is 0 Å². The molecule has 4 heteroatoms. The molecule has 1 saturated heterocycles. The smallest absolute Gasteiger partial charge is 0.325 e. The van der Waals surface area contributed by atoms with Crippen molar-refractivity contribution < 1.29 is 14.6 Å². The van der Waals surface area contributed by atoms with Crippen LogP contribution >= 0.6 is 0 Å². The molecule has 0 amide bonds. The maximum atomic E-state index is 11.2. The first kappa shape index (κ1) is 9.48. The number of carbonyl (C=O) groups excluding carboxylic acids is 1. The molecule has 0 saturated carbocycles. The van der Waals surface area contributed by atoms with Crippen LogP contribution in [-0.4, -0.2) is 36.4 Å². The Morgan fingerprint density at radius 3 is 3.08 bits per heavy atom. The highest BCUT2D eigenvalue weighted by Crippen LogP contribution is 2.09. The first-order chi connectivity index (χ1) is 5.75. The Labute approximate surface area is 71.9 Å². The second-order valence-electron chi connectivity index (χ2n) is 2.89. The zero-order valence-corrected chi connectivity index (χ0v) is 7.25. The van der Waals surface area contributed by atoms with Crippen LogP contribution in [0.3, 0.4) is 0 Å². The molecule has 0 aromatic carbocycles. The van der Waals surface area contributed by atoms with E-state index >= 15 is 0 Å². The molecule has 0 bridgehead atoms. The molecular formula is C8H15NO3. The molecule has 0 radical (unpaired) electrons. The number of hydrogen-bond donors (Lipinski definition) is 2. The Bertz CT molecular complexity index is 160. The van der Waals surface area contributed by atoms with Gasteiger partial charge in [0.15, 0.2) is 0 Å². The number of rotatable bonds is 2. The van der Waals surface area contributed by atoms with Crippen LogP contribution in [0.4, 0.5) is 0 Å². The van der Waals surface area contributed by atoms with Gasteiger partial charge in [-0.15, -0.1) is 0 Å². The Kier molecular flexibility index (Phi) is 3.49. The van der Waals surface area contributed by atoms with Gasteiger partial charge in [-0.3, -0.25) is 4.79 Å². The SMILES string of the molecule is CCOC(=O)[C@@H]1NCCC[C@H]1O. The van der Waals surface area contributed by atoms with Crippen molar-refractivity contribution in [2.45, 2.75) is 31.9 Å². The predicted molar refractivity (Wildman–Crippen MR) is 43.7 cm³/mol. The Morgan fingerprint density at radius 1 is 1.75 bits per heavy atom. The van der Waals surface area contributed by atoms with E-state index in [1.807, 2.05) is 0 Å². The third kappa shape index (κ3) is 2.19. The number of hydrogen-bond acceptors (Lipinski definition) is 4. The van der Waals surface area contributed by atoms with E-state index in [1.165, 1.54) is 0 Å². The van der Waals surface area contributed by atoms with Crippen molar-refractivity contribution in [1.82, 2.24) is 5.32 Å². The molecule has 0 unspecified atom stereocenters. The van der Waals surface area contributed by atoms with Crippen LogP contribution in [0.25, 0.3) is 0 Å². The minimum absolute atomic E-state index is 0.343. The minimum Gasteiger partial charge on any atom is -0.465 e. The van der Waals surface area contributed by atoms with E-state index in [1.54, 1.807) is 6.92 Å². The summed E-state index contributed by atoms with van der Waals surface area (Å²) in [5.74, 6) is -0.343.